The Morgan fingerprint density at radius 1 is 1.47 bits per heavy atom. The maximum Gasteiger partial charge on any atom is 0.236 e. The molecule has 0 spiro atoms. The summed E-state index contributed by atoms with van der Waals surface area (Å²) in [6.45, 7) is 5.58. The Kier molecular flexibility index (Phi) is 9.11. The third-order valence-electron chi connectivity index (χ3n) is 2.14. The van der Waals surface area contributed by atoms with E-state index < -0.39 is 0 Å². The van der Waals surface area contributed by atoms with Gasteiger partial charge in [-0.2, -0.15) is 0 Å². The van der Waals surface area contributed by atoms with Gasteiger partial charge in [-0.1, -0.05) is 6.08 Å². The van der Waals surface area contributed by atoms with Gasteiger partial charge in [0.1, 0.15) is 0 Å². The summed E-state index contributed by atoms with van der Waals surface area (Å²) in [7, 11) is 1.80. The second kappa shape index (κ2) is 9.68. The Morgan fingerprint density at radius 2 is 2.20 bits per heavy atom. The minimum atomic E-state index is 0.0980. The molecule has 88 valence electrons. The Hall–Kier alpha value is -0.870. The summed E-state index contributed by atoms with van der Waals surface area (Å²) < 4.78 is 0. The lowest BCUT2D eigenvalue weighted by Gasteiger charge is -2.16. The third kappa shape index (κ3) is 8.15. The van der Waals surface area contributed by atoms with Crippen LogP contribution in [-0.4, -0.2) is 49.2 Å². The fourth-order valence-corrected chi connectivity index (χ4v) is 1.18. The van der Waals surface area contributed by atoms with E-state index >= 15 is 0 Å². The number of hydrogen-bond acceptors (Lipinski definition) is 3. The molecule has 0 aliphatic carbocycles. The molecule has 0 aliphatic heterocycles. The van der Waals surface area contributed by atoms with Gasteiger partial charge < -0.3 is 15.3 Å². The van der Waals surface area contributed by atoms with Crippen LogP contribution in [0.25, 0.3) is 0 Å². The van der Waals surface area contributed by atoms with Gasteiger partial charge in [-0.05, 0) is 19.3 Å². The smallest absolute Gasteiger partial charge is 0.236 e. The highest BCUT2D eigenvalue weighted by Crippen LogP contribution is 1.96. The van der Waals surface area contributed by atoms with Crippen molar-refractivity contribution >= 4 is 5.91 Å². The Morgan fingerprint density at radius 3 is 2.80 bits per heavy atom. The molecule has 0 aromatic rings. The summed E-state index contributed by atoms with van der Waals surface area (Å²) in [6.07, 6.45) is 4.46. The lowest BCUT2D eigenvalue weighted by Crippen LogP contribution is -2.36. The number of nitrogens with zero attached hydrogens (tertiary/aromatic N) is 1. The molecule has 0 saturated heterocycles. The van der Waals surface area contributed by atoms with Crippen LogP contribution >= 0.6 is 0 Å². The largest absolute Gasteiger partial charge is 0.396 e. The van der Waals surface area contributed by atoms with Gasteiger partial charge in [0.2, 0.25) is 5.91 Å². The second-order valence-electron chi connectivity index (χ2n) is 3.52. The van der Waals surface area contributed by atoms with E-state index in [1.54, 1.807) is 18.0 Å². The first-order chi connectivity index (χ1) is 7.22. The molecule has 4 nitrogen and oxygen atoms in total. The summed E-state index contributed by atoms with van der Waals surface area (Å²) in [4.78, 5) is 13.2. The van der Waals surface area contributed by atoms with Crippen molar-refractivity contribution in [2.75, 3.05) is 33.3 Å². The van der Waals surface area contributed by atoms with Gasteiger partial charge in [-0.3, -0.25) is 4.79 Å². The van der Waals surface area contributed by atoms with Crippen molar-refractivity contribution in [2.45, 2.75) is 19.3 Å². The lowest BCUT2D eigenvalue weighted by atomic mass is 10.2. The van der Waals surface area contributed by atoms with Gasteiger partial charge >= 0.3 is 0 Å². The highest BCUT2D eigenvalue weighted by molar-refractivity contribution is 5.77. The Labute approximate surface area is 92.0 Å². The SMILES string of the molecule is C=CCNCC(=O)N(C)CCCCCO. The van der Waals surface area contributed by atoms with E-state index in [0.29, 0.717) is 13.1 Å². The van der Waals surface area contributed by atoms with E-state index in [1.165, 1.54) is 0 Å². The van der Waals surface area contributed by atoms with E-state index in [-0.39, 0.29) is 12.5 Å². The summed E-state index contributed by atoms with van der Waals surface area (Å²) in [5.74, 6) is 0.0980. The second-order valence-corrected chi connectivity index (χ2v) is 3.52. The quantitative estimate of drug-likeness (QED) is 0.431. The predicted octanol–water partition coefficient (Wildman–Crippen LogP) is 0.383. The summed E-state index contributed by atoms with van der Waals surface area (Å²) >= 11 is 0. The number of hydrogen-bond donors (Lipinski definition) is 2. The number of amides is 1. The number of unbranched alkanes of at least 4 members (excludes halogenated alkanes) is 2. The Bertz CT molecular complexity index is 183. The number of likely N-dealkylation sites (N-methyl/N-ethyl adjacent to an activating group) is 1. The lowest BCUT2D eigenvalue weighted by molar-refractivity contribution is -0.128. The first-order valence-electron chi connectivity index (χ1n) is 5.38. The zero-order valence-corrected chi connectivity index (χ0v) is 9.54. The van der Waals surface area contributed by atoms with Crippen molar-refractivity contribution in [1.29, 1.82) is 0 Å². The third-order valence-corrected chi connectivity index (χ3v) is 2.14. The van der Waals surface area contributed by atoms with Gasteiger partial charge in [-0.15, -0.1) is 6.58 Å². The van der Waals surface area contributed by atoms with Crippen LogP contribution < -0.4 is 5.32 Å². The fraction of sp³-hybridized carbons (Fsp3) is 0.727. The molecular weight excluding hydrogens is 192 g/mol. The molecular formula is C11H22N2O2. The monoisotopic (exact) mass is 214 g/mol. The van der Waals surface area contributed by atoms with Crippen molar-refractivity contribution in [3.63, 3.8) is 0 Å². The number of carbonyl (C=O) groups is 1. The molecule has 2 N–H and O–H groups in total. The molecule has 0 aromatic heterocycles. The van der Waals surface area contributed by atoms with Crippen molar-refractivity contribution in [3.05, 3.63) is 12.7 Å². The first-order valence-corrected chi connectivity index (χ1v) is 5.38. The molecule has 0 unspecified atom stereocenters. The topological polar surface area (TPSA) is 52.6 Å². The number of aliphatic hydroxyl groups excluding tert-OH is 1. The van der Waals surface area contributed by atoms with Gasteiger partial charge in [0.05, 0.1) is 6.54 Å². The van der Waals surface area contributed by atoms with E-state index in [1.807, 2.05) is 0 Å². The molecule has 0 fully saturated rings. The number of rotatable bonds is 9. The highest BCUT2D eigenvalue weighted by Gasteiger charge is 2.06. The van der Waals surface area contributed by atoms with Crippen LogP contribution in [0.15, 0.2) is 12.7 Å². The Balaban J connectivity index is 3.46. The normalized spacial score (nSPS) is 10.0. The van der Waals surface area contributed by atoms with Crippen molar-refractivity contribution in [1.82, 2.24) is 10.2 Å². The zero-order valence-electron chi connectivity index (χ0n) is 9.54. The van der Waals surface area contributed by atoms with E-state index in [2.05, 4.69) is 11.9 Å². The number of aliphatic hydroxyl groups is 1. The van der Waals surface area contributed by atoms with Crippen LogP contribution in [-0.2, 0) is 4.79 Å². The van der Waals surface area contributed by atoms with Gasteiger partial charge in [-0.25, -0.2) is 0 Å². The maximum atomic E-state index is 11.5. The van der Waals surface area contributed by atoms with Gasteiger partial charge in [0.25, 0.3) is 0 Å². The van der Waals surface area contributed by atoms with E-state index in [4.69, 9.17) is 5.11 Å². The molecule has 0 radical (unpaired) electrons. The molecule has 0 aromatic carbocycles. The van der Waals surface area contributed by atoms with Crippen LogP contribution in [0.3, 0.4) is 0 Å². The summed E-state index contributed by atoms with van der Waals surface area (Å²) in [5.41, 5.74) is 0. The highest BCUT2D eigenvalue weighted by atomic mass is 16.2. The maximum absolute atomic E-state index is 11.5. The fourth-order valence-electron chi connectivity index (χ4n) is 1.18. The van der Waals surface area contributed by atoms with Crippen molar-refractivity contribution in [3.8, 4) is 0 Å². The molecule has 0 atom stereocenters. The molecule has 4 heteroatoms. The van der Waals surface area contributed by atoms with Gasteiger partial charge in [0.15, 0.2) is 0 Å². The standard InChI is InChI=1S/C11H22N2O2/c1-3-7-12-10-11(15)13(2)8-5-4-6-9-14/h3,12,14H,1,4-10H2,2H3. The van der Waals surface area contributed by atoms with E-state index in [9.17, 15) is 4.79 Å². The number of carbonyl (C=O) groups excluding carboxylic acids is 1. The van der Waals surface area contributed by atoms with Gasteiger partial charge in [0, 0.05) is 26.7 Å². The average molecular weight is 214 g/mol. The van der Waals surface area contributed by atoms with Crippen LogP contribution in [0.1, 0.15) is 19.3 Å². The molecule has 0 aliphatic rings. The van der Waals surface area contributed by atoms with Crippen molar-refractivity contribution in [2.24, 2.45) is 0 Å². The predicted molar refractivity (Wildman–Crippen MR) is 61.6 cm³/mol. The first kappa shape index (κ1) is 14.1. The molecule has 0 heterocycles. The zero-order chi connectivity index (χ0) is 11.5. The summed E-state index contributed by atoms with van der Waals surface area (Å²) in [5, 5.41) is 11.6. The van der Waals surface area contributed by atoms with Crippen molar-refractivity contribution < 1.29 is 9.90 Å². The van der Waals surface area contributed by atoms with Crippen LogP contribution in [0, 0.1) is 0 Å². The molecule has 0 bridgehead atoms. The van der Waals surface area contributed by atoms with E-state index in [0.717, 1.165) is 25.8 Å². The summed E-state index contributed by atoms with van der Waals surface area (Å²) in [6, 6.07) is 0. The van der Waals surface area contributed by atoms with Crippen LogP contribution in [0.2, 0.25) is 0 Å². The molecule has 15 heavy (non-hydrogen) atoms. The van der Waals surface area contributed by atoms with Crippen LogP contribution in [0.4, 0.5) is 0 Å². The minimum absolute atomic E-state index is 0.0980. The molecule has 0 saturated carbocycles. The molecule has 0 rings (SSSR count). The molecule has 1 amide bonds. The minimum Gasteiger partial charge on any atom is -0.396 e. The van der Waals surface area contributed by atoms with Crippen LogP contribution in [0.5, 0.6) is 0 Å². The number of nitrogens with one attached hydrogen (secondary N) is 1. The average Bonchev–Trinajstić information content (AvgIpc) is 2.24.